The lowest BCUT2D eigenvalue weighted by Crippen LogP contribution is -2.35. The number of aromatic nitrogens is 3. The molecule has 1 fully saturated rings. The van der Waals surface area contributed by atoms with Gasteiger partial charge >= 0.3 is 0 Å². The zero-order chi connectivity index (χ0) is 24.8. The number of hydrogen-bond acceptors (Lipinski definition) is 9. The number of methoxy groups -OCH3 is 2. The van der Waals surface area contributed by atoms with E-state index in [0.29, 0.717) is 46.6 Å². The van der Waals surface area contributed by atoms with Crippen LogP contribution in [0.1, 0.15) is 19.8 Å². The number of hydrogen-bond donors (Lipinski definition) is 3. The summed E-state index contributed by atoms with van der Waals surface area (Å²) < 4.78 is 24.4. The smallest absolute Gasteiger partial charge is 0.233 e. The van der Waals surface area contributed by atoms with Crippen LogP contribution >= 0.6 is 11.6 Å². The van der Waals surface area contributed by atoms with Gasteiger partial charge in [-0.3, -0.25) is 4.90 Å². The average molecular weight is 502 g/mol. The Labute approximate surface area is 209 Å². The highest BCUT2D eigenvalue weighted by molar-refractivity contribution is 6.32. The molecule has 3 N–H and O–H groups in total. The average Bonchev–Trinajstić information content (AvgIpc) is 3.31. The molecule has 2 heterocycles. The van der Waals surface area contributed by atoms with E-state index in [2.05, 4.69) is 42.7 Å². The summed E-state index contributed by atoms with van der Waals surface area (Å²) in [6.07, 6.45) is 2.30. The van der Waals surface area contributed by atoms with E-state index in [0.717, 1.165) is 19.5 Å². The first-order valence-corrected chi connectivity index (χ1v) is 11.8. The molecule has 1 saturated heterocycles. The maximum Gasteiger partial charge on any atom is 0.233 e. The van der Waals surface area contributed by atoms with Gasteiger partial charge in [-0.15, -0.1) is 0 Å². The van der Waals surface area contributed by atoms with Crippen molar-refractivity contribution >= 4 is 40.8 Å². The van der Waals surface area contributed by atoms with Gasteiger partial charge in [-0.1, -0.05) is 18.5 Å². The number of likely N-dealkylation sites (N-methyl/N-ethyl adjacent to an activating group) is 1. The molecule has 1 aromatic heterocycles. The fourth-order valence-electron chi connectivity index (χ4n) is 4.06. The fourth-order valence-corrected chi connectivity index (χ4v) is 4.32. The number of likely N-dealkylation sites (tertiary alicyclic amines) is 1. The molecule has 1 aliphatic heterocycles. The van der Waals surface area contributed by atoms with Crippen LogP contribution in [0.5, 0.6) is 11.5 Å². The van der Waals surface area contributed by atoms with E-state index < -0.39 is 5.82 Å². The van der Waals surface area contributed by atoms with Gasteiger partial charge < -0.3 is 25.4 Å². The fraction of sp³-hybridized carbons (Fsp3) is 0.375. The van der Waals surface area contributed by atoms with E-state index >= 15 is 0 Å². The molecule has 0 aliphatic carbocycles. The van der Waals surface area contributed by atoms with Gasteiger partial charge in [0.05, 0.1) is 19.2 Å². The van der Waals surface area contributed by atoms with Gasteiger partial charge in [0, 0.05) is 30.0 Å². The van der Waals surface area contributed by atoms with Gasteiger partial charge in [-0.2, -0.15) is 15.0 Å². The third-order valence-corrected chi connectivity index (χ3v) is 6.15. The summed E-state index contributed by atoms with van der Waals surface area (Å²) in [6, 6.07) is 10.3. The first-order chi connectivity index (χ1) is 17.0. The zero-order valence-corrected chi connectivity index (χ0v) is 20.7. The van der Waals surface area contributed by atoms with Crippen molar-refractivity contribution < 1.29 is 13.9 Å². The highest BCUT2D eigenvalue weighted by Gasteiger charge is 2.23. The molecule has 0 amide bonds. The standard InChI is InChI=1S/C24H29ClFN7O2/c1-4-33-11-5-6-17(33)14-27-22-30-23(28-15-7-9-20(34-2)18(25)12-15)32-24(31-22)29-16-8-10-21(35-3)19(26)13-16/h7-10,12-13,17H,4-6,11,14H2,1-3H3,(H3,27,28,29,30,31,32). The maximum atomic E-state index is 14.2. The van der Waals surface area contributed by atoms with Crippen molar-refractivity contribution in [3.8, 4) is 11.5 Å². The molecule has 0 bridgehead atoms. The first kappa shape index (κ1) is 24.7. The lowest BCUT2D eigenvalue weighted by molar-refractivity contribution is 0.277. The molecule has 11 heteroatoms. The minimum atomic E-state index is -0.489. The van der Waals surface area contributed by atoms with E-state index in [4.69, 9.17) is 21.1 Å². The van der Waals surface area contributed by atoms with Gasteiger partial charge in [0.2, 0.25) is 17.8 Å². The summed E-state index contributed by atoms with van der Waals surface area (Å²) in [6.45, 7) is 4.98. The van der Waals surface area contributed by atoms with Crippen molar-refractivity contribution in [2.75, 3.05) is 49.8 Å². The Hall–Kier alpha value is -3.37. The van der Waals surface area contributed by atoms with Crippen molar-refractivity contribution in [2.45, 2.75) is 25.8 Å². The lowest BCUT2D eigenvalue weighted by Gasteiger charge is -2.23. The molecule has 35 heavy (non-hydrogen) atoms. The van der Waals surface area contributed by atoms with E-state index in [1.165, 1.54) is 25.7 Å². The van der Waals surface area contributed by atoms with Crippen LogP contribution in [0.4, 0.5) is 33.6 Å². The van der Waals surface area contributed by atoms with Crippen LogP contribution in [-0.2, 0) is 0 Å². The Morgan fingerprint density at radius 1 is 0.971 bits per heavy atom. The third kappa shape index (κ3) is 6.20. The highest BCUT2D eigenvalue weighted by Crippen LogP contribution is 2.29. The zero-order valence-electron chi connectivity index (χ0n) is 19.9. The van der Waals surface area contributed by atoms with Gasteiger partial charge in [-0.25, -0.2) is 4.39 Å². The number of ether oxygens (including phenoxy) is 2. The molecule has 0 saturated carbocycles. The van der Waals surface area contributed by atoms with Crippen molar-refractivity contribution in [2.24, 2.45) is 0 Å². The Morgan fingerprint density at radius 2 is 1.60 bits per heavy atom. The summed E-state index contributed by atoms with van der Waals surface area (Å²) in [5.41, 5.74) is 1.16. The van der Waals surface area contributed by atoms with Gasteiger partial charge in [-0.05, 0) is 56.3 Å². The van der Waals surface area contributed by atoms with Gasteiger partial charge in [0.25, 0.3) is 0 Å². The molecule has 0 radical (unpaired) electrons. The van der Waals surface area contributed by atoms with Crippen LogP contribution in [0, 0.1) is 5.82 Å². The molecule has 1 aliphatic rings. The van der Waals surface area contributed by atoms with Crippen molar-refractivity contribution in [1.82, 2.24) is 19.9 Å². The molecule has 186 valence electrons. The SMILES string of the molecule is CCN1CCCC1CNc1nc(Nc2ccc(OC)c(F)c2)nc(Nc2ccc(OC)c(Cl)c2)n1. The molecule has 4 rings (SSSR count). The Balaban J connectivity index is 1.58. The summed E-state index contributed by atoms with van der Waals surface area (Å²) in [5.74, 6) is 1.20. The lowest BCUT2D eigenvalue weighted by atomic mass is 10.2. The summed E-state index contributed by atoms with van der Waals surface area (Å²) in [5, 5.41) is 9.99. The second-order valence-electron chi connectivity index (χ2n) is 8.06. The number of anilines is 5. The molecular weight excluding hydrogens is 473 g/mol. The molecule has 1 atom stereocenters. The normalized spacial score (nSPS) is 15.6. The molecule has 0 spiro atoms. The van der Waals surface area contributed by atoms with Crippen LogP contribution < -0.4 is 25.4 Å². The van der Waals surface area contributed by atoms with Crippen LogP contribution in [-0.4, -0.2) is 59.7 Å². The van der Waals surface area contributed by atoms with Crippen molar-refractivity contribution in [3.63, 3.8) is 0 Å². The maximum absolute atomic E-state index is 14.2. The second-order valence-corrected chi connectivity index (χ2v) is 8.47. The minimum absolute atomic E-state index is 0.157. The Kier molecular flexibility index (Phi) is 8.04. The predicted molar refractivity (Wildman–Crippen MR) is 136 cm³/mol. The Bertz CT molecular complexity index is 1090. The Morgan fingerprint density at radius 3 is 2.20 bits per heavy atom. The van der Waals surface area contributed by atoms with Crippen LogP contribution in [0.3, 0.4) is 0 Å². The van der Waals surface area contributed by atoms with Crippen LogP contribution in [0.2, 0.25) is 5.02 Å². The molecule has 9 nitrogen and oxygen atoms in total. The van der Waals surface area contributed by atoms with Crippen molar-refractivity contribution in [1.29, 1.82) is 0 Å². The number of rotatable bonds is 10. The van der Waals surface area contributed by atoms with Crippen molar-refractivity contribution in [3.05, 3.63) is 47.2 Å². The molecular formula is C24H29ClFN7O2. The quantitative estimate of drug-likeness (QED) is 0.352. The van der Waals surface area contributed by atoms with E-state index in [9.17, 15) is 4.39 Å². The van der Waals surface area contributed by atoms with Crippen LogP contribution in [0.15, 0.2) is 36.4 Å². The summed E-state index contributed by atoms with van der Waals surface area (Å²) in [7, 11) is 2.98. The van der Waals surface area contributed by atoms with Crippen LogP contribution in [0.25, 0.3) is 0 Å². The van der Waals surface area contributed by atoms with Gasteiger partial charge in [0.1, 0.15) is 5.75 Å². The number of benzene rings is 2. The van der Waals surface area contributed by atoms with Gasteiger partial charge in [0.15, 0.2) is 11.6 Å². The second kappa shape index (κ2) is 11.4. The summed E-state index contributed by atoms with van der Waals surface area (Å²) in [4.78, 5) is 15.9. The minimum Gasteiger partial charge on any atom is -0.495 e. The molecule has 2 aromatic carbocycles. The summed E-state index contributed by atoms with van der Waals surface area (Å²) >= 11 is 6.26. The molecule has 1 unspecified atom stereocenters. The third-order valence-electron chi connectivity index (χ3n) is 5.85. The number of halogens is 2. The predicted octanol–water partition coefficient (Wildman–Crippen LogP) is 5.06. The molecule has 3 aromatic rings. The monoisotopic (exact) mass is 501 g/mol. The first-order valence-electron chi connectivity index (χ1n) is 11.4. The van der Waals surface area contributed by atoms with E-state index in [-0.39, 0.29) is 11.7 Å². The highest BCUT2D eigenvalue weighted by atomic mass is 35.5. The largest absolute Gasteiger partial charge is 0.495 e. The number of nitrogens with zero attached hydrogens (tertiary/aromatic N) is 4. The number of nitrogens with one attached hydrogen (secondary N) is 3. The topological polar surface area (TPSA) is 96.5 Å². The van der Waals surface area contributed by atoms with E-state index in [1.54, 1.807) is 25.3 Å². The van der Waals surface area contributed by atoms with E-state index in [1.807, 2.05) is 6.07 Å².